The third-order valence-electron chi connectivity index (χ3n) is 2.75. The maximum Gasteiger partial charge on any atom is 0.0701 e. The van der Waals surface area contributed by atoms with Gasteiger partial charge in [-0.25, -0.2) is 0 Å². The van der Waals surface area contributed by atoms with Crippen LogP contribution in [0.1, 0.15) is 13.3 Å². The van der Waals surface area contributed by atoms with E-state index in [2.05, 4.69) is 11.8 Å². The van der Waals surface area contributed by atoms with Crippen molar-refractivity contribution in [3.8, 4) is 0 Å². The highest BCUT2D eigenvalue weighted by Gasteiger charge is 2.08. The molecule has 1 fully saturated rings. The van der Waals surface area contributed by atoms with Gasteiger partial charge in [0, 0.05) is 26.2 Å². The van der Waals surface area contributed by atoms with E-state index >= 15 is 0 Å². The first-order chi connectivity index (χ1) is 8.93. The topological polar surface area (TPSA) is 40.2 Å². The van der Waals surface area contributed by atoms with Gasteiger partial charge in [0.25, 0.3) is 0 Å². The predicted molar refractivity (Wildman–Crippen MR) is 70.0 cm³/mol. The first-order valence-electron chi connectivity index (χ1n) is 6.97. The van der Waals surface area contributed by atoms with Gasteiger partial charge in [-0.1, -0.05) is 6.92 Å². The molecule has 5 heteroatoms. The summed E-state index contributed by atoms with van der Waals surface area (Å²) in [6.07, 6.45) is 1.06. The van der Waals surface area contributed by atoms with E-state index < -0.39 is 0 Å². The van der Waals surface area contributed by atoms with E-state index in [0.29, 0.717) is 26.4 Å². The van der Waals surface area contributed by atoms with Gasteiger partial charge in [-0.3, -0.25) is 4.90 Å². The average Bonchev–Trinajstić information content (AvgIpc) is 2.42. The van der Waals surface area contributed by atoms with E-state index in [1.54, 1.807) is 0 Å². The van der Waals surface area contributed by atoms with Crippen LogP contribution in [0, 0.1) is 0 Å². The number of morpholine rings is 1. The van der Waals surface area contributed by atoms with Gasteiger partial charge in [-0.2, -0.15) is 0 Å². The Kier molecular flexibility index (Phi) is 10.5. The molecule has 18 heavy (non-hydrogen) atoms. The van der Waals surface area contributed by atoms with Crippen LogP contribution in [0.5, 0.6) is 0 Å². The molecule has 108 valence electrons. The smallest absolute Gasteiger partial charge is 0.0701 e. The Balaban J connectivity index is 1.73. The molecule has 1 aliphatic heterocycles. The molecule has 0 aromatic carbocycles. The van der Waals surface area contributed by atoms with E-state index in [4.69, 9.17) is 18.9 Å². The Bertz CT molecular complexity index is 174. The Morgan fingerprint density at radius 3 is 2.00 bits per heavy atom. The zero-order chi connectivity index (χ0) is 12.9. The van der Waals surface area contributed by atoms with E-state index in [1.165, 1.54) is 0 Å². The molecule has 5 nitrogen and oxygen atoms in total. The minimum absolute atomic E-state index is 0.651. The van der Waals surface area contributed by atoms with Crippen molar-refractivity contribution < 1.29 is 18.9 Å². The number of rotatable bonds is 11. The summed E-state index contributed by atoms with van der Waals surface area (Å²) in [6.45, 7) is 11.1. The van der Waals surface area contributed by atoms with Crippen molar-refractivity contribution in [1.29, 1.82) is 0 Å². The lowest BCUT2D eigenvalue weighted by molar-refractivity contribution is -0.00222. The Morgan fingerprint density at radius 2 is 1.39 bits per heavy atom. The zero-order valence-corrected chi connectivity index (χ0v) is 11.6. The summed E-state index contributed by atoms with van der Waals surface area (Å²) in [5.74, 6) is 0. The molecule has 0 atom stereocenters. The van der Waals surface area contributed by atoms with E-state index in [-0.39, 0.29) is 0 Å². The second-order valence-electron chi connectivity index (χ2n) is 4.29. The van der Waals surface area contributed by atoms with Gasteiger partial charge in [-0.15, -0.1) is 0 Å². The van der Waals surface area contributed by atoms with Crippen LogP contribution in [-0.2, 0) is 18.9 Å². The normalized spacial score (nSPS) is 17.2. The summed E-state index contributed by atoms with van der Waals surface area (Å²) in [5.41, 5.74) is 0. The molecular formula is C13H27NO4. The van der Waals surface area contributed by atoms with Gasteiger partial charge in [0.1, 0.15) is 0 Å². The maximum atomic E-state index is 5.52. The second-order valence-corrected chi connectivity index (χ2v) is 4.29. The van der Waals surface area contributed by atoms with Crippen molar-refractivity contribution >= 4 is 0 Å². The third-order valence-corrected chi connectivity index (χ3v) is 2.75. The van der Waals surface area contributed by atoms with Crippen LogP contribution in [0.4, 0.5) is 0 Å². The lowest BCUT2D eigenvalue weighted by Crippen LogP contribution is -2.38. The summed E-state index contributed by atoms with van der Waals surface area (Å²) < 4.78 is 21.5. The molecule has 0 aromatic heterocycles. The molecule has 1 rings (SSSR count). The number of hydrogen-bond donors (Lipinski definition) is 0. The fraction of sp³-hybridized carbons (Fsp3) is 1.00. The molecule has 0 unspecified atom stereocenters. The second kappa shape index (κ2) is 11.9. The van der Waals surface area contributed by atoms with E-state index in [0.717, 1.165) is 52.5 Å². The van der Waals surface area contributed by atoms with Crippen molar-refractivity contribution in [2.24, 2.45) is 0 Å². The monoisotopic (exact) mass is 261 g/mol. The van der Waals surface area contributed by atoms with Crippen LogP contribution >= 0.6 is 0 Å². The first-order valence-corrected chi connectivity index (χ1v) is 6.97. The van der Waals surface area contributed by atoms with Crippen LogP contribution in [0.2, 0.25) is 0 Å². The van der Waals surface area contributed by atoms with Crippen molar-refractivity contribution in [1.82, 2.24) is 4.90 Å². The largest absolute Gasteiger partial charge is 0.379 e. The molecule has 0 bridgehead atoms. The summed E-state index contributed by atoms with van der Waals surface area (Å²) in [6, 6.07) is 0. The van der Waals surface area contributed by atoms with Gasteiger partial charge in [-0.05, 0) is 6.42 Å². The lowest BCUT2D eigenvalue weighted by atomic mass is 10.4. The number of nitrogens with zero attached hydrogens (tertiary/aromatic N) is 1. The van der Waals surface area contributed by atoms with Crippen LogP contribution in [0.15, 0.2) is 0 Å². The van der Waals surface area contributed by atoms with Crippen molar-refractivity contribution in [2.45, 2.75) is 13.3 Å². The van der Waals surface area contributed by atoms with Crippen LogP contribution in [0.25, 0.3) is 0 Å². The van der Waals surface area contributed by atoms with Crippen LogP contribution < -0.4 is 0 Å². The Labute approximate surface area is 110 Å². The first kappa shape index (κ1) is 15.9. The quantitative estimate of drug-likeness (QED) is 0.514. The van der Waals surface area contributed by atoms with Crippen molar-refractivity contribution in [3.63, 3.8) is 0 Å². The highest BCUT2D eigenvalue weighted by molar-refractivity contribution is 4.60. The van der Waals surface area contributed by atoms with Gasteiger partial charge in [0.2, 0.25) is 0 Å². The average molecular weight is 261 g/mol. The molecule has 0 spiro atoms. The molecule has 1 saturated heterocycles. The molecule has 0 aliphatic carbocycles. The van der Waals surface area contributed by atoms with E-state index in [1.807, 2.05) is 0 Å². The third kappa shape index (κ3) is 8.83. The van der Waals surface area contributed by atoms with Gasteiger partial charge >= 0.3 is 0 Å². The van der Waals surface area contributed by atoms with Crippen molar-refractivity contribution in [2.75, 3.05) is 72.5 Å². The maximum absolute atomic E-state index is 5.52. The highest BCUT2D eigenvalue weighted by atomic mass is 16.5. The molecule has 1 heterocycles. The van der Waals surface area contributed by atoms with Crippen molar-refractivity contribution in [3.05, 3.63) is 0 Å². The van der Waals surface area contributed by atoms with Crippen LogP contribution in [-0.4, -0.2) is 77.4 Å². The van der Waals surface area contributed by atoms with Crippen LogP contribution in [0.3, 0.4) is 0 Å². The molecule has 0 N–H and O–H groups in total. The van der Waals surface area contributed by atoms with Gasteiger partial charge in [0.05, 0.1) is 46.2 Å². The standard InChI is InChI=1S/C13H27NO4/c1-2-6-15-10-12-18-13-11-17-9-5-14-3-7-16-8-4-14/h2-13H2,1H3. The number of ether oxygens (including phenoxy) is 4. The summed E-state index contributed by atoms with van der Waals surface area (Å²) in [4.78, 5) is 2.36. The van der Waals surface area contributed by atoms with Gasteiger partial charge < -0.3 is 18.9 Å². The fourth-order valence-corrected chi connectivity index (χ4v) is 1.70. The predicted octanol–water partition coefficient (Wildman–Crippen LogP) is 0.778. The lowest BCUT2D eigenvalue weighted by Gasteiger charge is -2.26. The molecule has 0 amide bonds. The molecule has 1 aliphatic rings. The Hall–Kier alpha value is -0.200. The molecule has 0 radical (unpaired) electrons. The Morgan fingerprint density at radius 1 is 0.833 bits per heavy atom. The molecular weight excluding hydrogens is 234 g/mol. The van der Waals surface area contributed by atoms with Gasteiger partial charge in [0.15, 0.2) is 0 Å². The highest BCUT2D eigenvalue weighted by Crippen LogP contribution is 1.95. The molecule has 0 aromatic rings. The molecule has 0 saturated carbocycles. The summed E-state index contributed by atoms with van der Waals surface area (Å²) in [7, 11) is 0. The minimum atomic E-state index is 0.651. The van der Waals surface area contributed by atoms with E-state index in [9.17, 15) is 0 Å². The zero-order valence-electron chi connectivity index (χ0n) is 11.6. The fourth-order valence-electron chi connectivity index (χ4n) is 1.70. The number of hydrogen-bond acceptors (Lipinski definition) is 5. The summed E-state index contributed by atoms with van der Waals surface area (Å²) >= 11 is 0. The minimum Gasteiger partial charge on any atom is -0.379 e. The summed E-state index contributed by atoms with van der Waals surface area (Å²) in [5, 5.41) is 0. The SMILES string of the molecule is CCCOCCOCCOCCN1CCOCC1.